The zero-order valence-electron chi connectivity index (χ0n) is 14.8. The molecule has 0 bridgehead atoms. The fourth-order valence-corrected chi connectivity index (χ4v) is 4.14. The van der Waals surface area contributed by atoms with Crippen molar-refractivity contribution < 1.29 is 13.2 Å². The molecule has 4 heteroatoms. The van der Waals surface area contributed by atoms with Crippen LogP contribution < -0.4 is 10.4 Å². The summed E-state index contributed by atoms with van der Waals surface area (Å²) in [4.78, 5) is 4.59. The summed E-state index contributed by atoms with van der Waals surface area (Å²) in [6.45, 7) is 4.24. The van der Waals surface area contributed by atoms with E-state index in [0.29, 0.717) is 12.3 Å². The Balaban J connectivity index is 1.92. The minimum Gasteiger partial charge on any atom is -0.256 e. The van der Waals surface area contributed by atoms with Crippen molar-refractivity contribution in [3.05, 3.63) is 69.9 Å². The Morgan fingerprint density at radius 1 is 1.19 bits per heavy atom. The van der Waals surface area contributed by atoms with E-state index in [1.807, 2.05) is 6.07 Å². The number of fused-ring (bicyclic) bond motifs is 2. The highest BCUT2D eigenvalue weighted by molar-refractivity contribution is 5.73. The Bertz CT molecular complexity index is 1000. The van der Waals surface area contributed by atoms with Crippen LogP contribution in [0.1, 0.15) is 32.4 Å². The molecule has 0 aromatic carbocycles. The lowest BCUT2D eigenvalue weighted by Crippen LogP contribution is -2.36. The first-order valence-electron chi connectivity index (χ1n) is 8.89. The van der Waals surface area contributed by atoms with Crippen molar-refractivity contribution in [1.82, 2.24) is 4.98 Å². The lowest BCUT2D eigenvalue weighted by molar-refractivity contribution is -0.0883. The maximum Gasteiger partial charge on any atom is 0.416 e. The lowest BCUT2D eigenvalue weighted by atomic mass is 9.82. The summed E-state index contributed by atoms with van der Waals surface area (Å²) in [7, 11) is 0. The second-order valence-electron chi connectivity index (χ2n) is 7.34. The molecule has 0 aliphatic heterocycles. The van der Waals surface area contributed by atoms with Gasteiger partial charge in [0.25, 0.3) is 0 Å². The molecular weight excluding hydrogens is 335 g/mol. The summed E-state index contributed by atoms with van der Waals surface area (Å²) in [5.41, 5.74) is 3.44. The van der Waals surface area contributed by atoms with Gasteiger partial charge in [0.05, 0.1) is 11.3 Å². The molecule has 0 N–H and O–H groups in total. The topological polar surface area (TPSA) is 12.9 Å². The van der Waals surface area contributed by atoms with E-state index in [9.17, 15) is 13.2 Å². The fraction of sp³-hybridized carbons (Fsp3) is 0.318. The van der Waals surface area contributed by atoms with E-state index in [2.05, 4.69) is 37.1 Å². The van der Waals surface area contributed by atoms with Gasteiger partial charge in [-0.3, -0.25) is 4.98 Å². The summed E-state index contributed by atoms with van der Waals surface area (Å²) < 4.78 is 39.5. The molecule has 2 unspecified atom stereocenters. The Hall–Kier alpha value is -2.36. The van der Waals surface area contributed by atoms with Gasteiger partial charge in [-0.25, -0.2) is 0 Å². The van der Waals surface area contributed by atoms with Gasteiger partial charge < -0.3 is 0 Å². The first-order chi connectivity index (χ1) is 12.3. The van der Waals surface area contributed by atoms with Crippen LogP contribution in [-0.2, 0) is 0 Å². The summed E-state index contributed by atoms with van der Waals surface area (Å²) in [6, 6.07) is 1.84. The molecule has 1 nitrogen and oxygen atoms in total. The molecule has 0 fully saturated rings. The molecular formula is C22H20F3N. The number of nitrogens with zero attached hydrogens (tertiary/aromatic N) is 1. The second-order valence-corrected chi connectivity index (χ2v) is 7.34. The normalized spacial score (nSPS) is 24.8. The van der Waals surface area contributed by atoms with Crippen LogP contribution in [-0.4, -0.2) is 11.2 Å². The van der Waals surface area contributed by atoms with Crippen LogP contribution in [0.2, 0.25) is 0 Å². The number of allylic oxidation sites excluding steroid dienone is 8. The first-order valence-corrected chi connectivity index (χ1v) is 8.89. The maximum absolute atomic E-state index is 13.2. The van der Waals surface area contributed by atoms with Crippen molar-refractivity contribution in [3.63, 3.8) is 0 Å². The third kappa shape index (κ3) is 2.98. The summed E-state index contributed by atoms with van der Waals surface area (Å²) >= 11 is 0. The third-order valence-electron chi connectivity index (χ3n) is 5.22. The van der Waals surface area contributed by atoms with Crippen LogP contribution in [0.3, 0.4) is 0 Å². The number of alkyl halides is 3. The van der Waals surface area contributed by atoms with Crippen molar-refractivity contribution in [2.24, 2.45) is 11.8 Å². The molecule has 0 amide bonds. The van der Waals surface area contributed by atoms with Gasteiger partial charge in [-0.1, -0.05) is 42.9 Å². The molecule has 26 heavy (non-hydrogen) atoms. The van der Waals surface area contributed by atoms with E-state index in [-0.39, 0.29) is 5.92 Å². The molecule has 1 heterocycles. The number of pyridine rings is 1. The SMILES string of the molecule is CC1=CC(C)CC(c2nccc3c2=CCC2C=CC(C(F)(F)F)=CC=32)=C1. The van der Waals surface area contributed by atoms with Crippen molar-refractivity contribution in [2.75, 3.05) is 0 Å². The molecule has 3 aliphatic carbocycles. The van der Waals surface area contributed by atoms with Crippen LogP contribution >= 0.6 is 0 Å². The Labute approximate surface area is 150 Å². The van der Waals surface area contributed by atoms with Gasteiger partial charge in [0, 0.05) is 17.3 Å². The quantitative estimate of drug-likeness (QED) is 0.725. The Morgan fingerprint density at radius 2 is 2.00 bits per heavy atom. The van der Waals surface area contributed by atoms with Crippen molar-refractivity contribution in [2.45, 2.75) is 32.9 Å². The summed E-state index contributed by atoms with van der Waals surface area (Å²) in [5.74, 6) is 0.440. The molecule has 4 rings (SSSR count). The molecule has 1 aromatic heterocycles. The second kappa shape index (κ2) is 6.11. The third-order valence-corrected chi connectivity index (χ3v) is 5.22. The minimum absolute atomic E-state index is 0.00439. The van der Waals surface area contributed by atoms with Crippen LogP contribution in [0.4, 0.5) is 13.2 Å². The van der Waals surface area contributed by atoms with Gasteiger partial charge in [-0.15, -0.1) is 0 Å². The molecule has 134 valence electrons. The van der Waals surface area contributed by atoms with E-state index >= 15 is 0 Å². The molecule has 3 aliphatic rings. The number of rotatable bonds is 1. The number of aromatic nitrogens is 1. The van der Waals surface area contributed by atoms with Gasteiger partial charge in [0.2, 0.25) is 0 Å². The number of hydrogen-bond acceptors (Lipinski definition) is 1. The minimum atomic E-state index is -4.32. The van der Waals surface area contributed by atoms with Crippen LogP contribution in [0, 0.1) is 11.8 Å². The van der Waals surface area contributed by atoms with E-state index in [0.717, 1.165) is 33.7 Å². The van der Waals surface area contributed by atoms with Gasteiger partial charge in [0.15, 0.2) is 0 Å². The standard InChI is InChI=1S/C22H20F3N/c1-13-9-14(2)11-16(10-13)21-19-6-4-15-3-5-17(22(23,24)25)12-20(15)18(19)7-8-26-21/h3,5-10,12,14-15H,4,11H2,1-2H3. The average Bonchev–Trinajstić information content (AvgIpc) is 2.59. The van der Waals surface area contributed by atoms with Crippen LogP contribution in [0.5, 0.6) is 0 Å². The Morgan fingerprint density at radius 3 is 2.73 bits per heavy atom. The monoisotopic (exact) mass is 355 g/mol. The summed E-state index contributed by atoms with van der Waals surface area (Å²) in [5, 5.41) is 1.85. The largest absolute Gasteiger partial charge is 0.416 e. The molecule has 0 spiro atoms. The number of halogens is 3. The highest BCUT2D eigenvalue weighted by atomic mass is 19.4. The van der Waals surface area contributed by atoms with Gasteiger partial charge in [0.1, 0.15) is 0 Å². The molecule has 0 saturated carbocycles. The molecule has 2 atom stereocenters. The maximum atomic E-state index is 13.2. The smallest absolute Gasteiger partial charge is 0.256 e. The molecule has 0 radical (unpaired) electrons. The van der Waals surface area contributed by atoms with Gasteiger partial charge >= 0.3 is 6.18 Å². The van der Waals surface area contributed by atoms with Crippen molar-refractivity contribution >= 4 is 17.2 Å². The van der Waals surface area contributed by atoms with E-state index in [4.69, 9.17) is 0 Å². The van der Waals surface area contributed by atoms with Gasteiger partial charge in [-0.05, 0) is 54.2 Å². The van der Waals surface area contributed by atoms with E-state index in [1.165, 1.54) is 17.7 Å². The molecule has 1 aromatic rings. The van der Waals surface area contributed by atoms with Crippen LogP contribution in [0.15, 0.2) is 53.8 Å². The van der Waals surface area contributed by atoms with Crippen LogP contribution in [0.25, 0.3) is 17.2 Å². The highest BCUT2D eigenvalue weighted by Gasteiger charge is 2.34. The predicted molar refractivity (Wildman–Crippen MR) is 98.3 cm³/mol. The highest BCUT2D eigenvalue weighted by Crippen LogP contribution is 2.35. The van der Waals surface area contributed by atoms with Crippen molar-refractivity contribution in [1.29, 1.82) is 0 Å². The van der Waals surface area contributed by atoms with E-state index in [1.54, 1.807) is 12.3 Å². The van der Waals surface area contributed by atoms with Gasteiger partial charge in [-0.2, -0.15) is 13.2 Å². The zero-order chi connectivity index (χ0) is 18.5. The fourth-order valence-electron chi connectivity index (χ4n) is 4.14. The lowest BCUT2D eigenvalue weighted by Gasteiger charge is -2.24. The van der Waals surface area contributed by atoms with Crippen molar-refractivity contribution in [3.8, 4) is 0 Å². The molecule has 0 saturated heterocycles. The zero-order valence-corrected chi connectivity index (χ0v) is 14.8. The number of hydrogen-bond donors (Lipinski definition) is 0. The first kappa shape index (κ1) is 17.1. The van der Waals surface area contributed by atoms with E-state index < -0.39 is 11.7 Å². The predicted octanol–water partition coefficient (Wildman–Crippen LogP) is 4.46. The summed E-state index contributed by atoms with van der Waals surface area (Å²) in [6.07, 6.45) is 9.69. The average molecular weight is 355 g/mol. The Kier molecular flexibility index (Phi) is 4.02.